The molecule has 0 amide bonds. The first-order valence-corrected chi connectivity index (χ1v) is 6.68. The molecule has 0 saturated heterocycles. The van der Waals surface area contributed by atoms with Gasteiger partial charge >= 0.3 is 0 Å². The molecule has 2 N–H and O–H groups in total. The van der Waals surface area contributed by atoms with Gasteiger partial charge in [-0.3, -0.25) is 0 Å². The van der Waals surface area contributed by atoms with Crippen molar-refractivity contribution < 1.29 is 14.6 Å². The molecule has 108 valence electrons. The lowest BCUT2D eigenvalue weighted by Gasteiger charge is -2.15. The molecule has 0 aliphatic rings. The first-order valence-electron chi connectivity index (χ1n) is 6.68. The minimum absolute atomic E-state index is 0.238. The first-order chi connectivity index (χ1) is 9.08. The zero-order chi connectivity index (χ0) is 14.3. The lowest BCUT2D eigenvalue weighted by molar-refractivity contribution is 0.116. The Labute approximate surface area is 115 Å². The highest BCUT2D eigenvalue weighted by Crippen LogP contribution is 2.27. The fourth-order valence-corrected chi connectivity index (χ4v) is 1.81. The van der Waals surface area contributed by atoms with Gasteiger partial charge in [0, 0.05) is 6.54 Å². The predicted molar refractivity (Wildman–Crippen MR) is 76.7 cm³/mol. The highest BCUT2D eigenvalue weighted by Gasteiger charge is 2.08. The van der Waals surface area contributed by atoms with Crippen LogP contribution in [-0.2, 0) is 6.54 Å². The smallest absolute Gasteiger partial charge is 0.161 e. The van der Waals surface area contributed by atoms with E-state index in [0.717, 1.165) is 36.6 Å². The number of nitrogens with one attached hydrogen (secondary N) is 1. The van der Waals surface area contributed by atoms with Crippen LogP contribution in [0.2, 0.25) is 0 Å². The van der Waals surface area contributed by atoms with E-state index in [1.54, 1.807) is 14.2 Å². The Hall–Kier alpha value is -1.26. The second kappa shape index (κ2) is 8.02. The highest BCUT2D eigenvalue weighted by molar-refractivity contribution is 5.42. The van der Waals surface area contributed by atoms with Crippen molar-refractivity contribution in [3.8, 4) is 11.5 Å². The molecule has 0 aliphatic carbocycles. The minimum Gasteiger partial charge on any atom is -0.493 e. The molecule has 1 aromatic carbocycles. The van der Waals surface area contributed by atoms with Gasteiger partial charge in [-0.15, -0.1) is 0 Å². The van der Waals surface area contributed by atoms with E-state index in [1.165, 1.54) is 0 Å². The standard InChI is InChI=1S/C15H25NO3/c1-11(2)13(17)7-8-16-10-12-5-6-14(18-3)15(9-12)19-4/h5-6,9,11,13,16-17H,7-8,10H2,1-4H3. The molecule has 0 saturated carbocycles. The Balaban J connectivity index is 2.41. The molecule has 0 radical (unpaired) electrons. The van der Waals surface area contributed by atoms with Gasteiger partial charge in [-0.05, 0) is 36.6 Å². The van der Waals surface area contributed by atoms with Crippen LogP contribution in [0.15, 0.2) is 18.2 Å². The third-order valence-electron chi connectivity index (χ3n) is 3.16. The van der Waals surface area contributed by atoms with Gasteiger partial charge in [-0.25, -0.2) is 0 Å². The molecule has 0 fully saturated rings. The van der Waals surface area contributed by atoms with E-state index >= 15 is 0 Å². The molecule has 0 bridgehead atoms. The number of aliphatic hydroxyl groups excluding tert-OH is 1. The van der Waals surface area contributed by atoms with Crippen molar-refractivity contribution in [1.29, 1.82) is 0 Å². The van der Waals surface area contributed by atoms with Crippen LogP contribution in [0.1, 0.15) is 25.8 Å². The van der Waals surface area contributed by atoms with Gasteiger partial charge in [0.05, 0.1) is 20.3 Å². The third kappa shape index (κ3) is 5.09. The van der Waals surface area contributed by atoms with Crippen LogP contribution in [0, 0.1) is 5.92 Å². The van der Waals surface area contributed by atoms with Gasteiger partial charge in [-0.2, -0.15) is 0 Å². The van der Waals surface area contributed by atoms with Crippen molar-refractivity contribution in [1.82, 2.24) is 5.32 Å². The van der Waals surface area contributed by atoms with Crippen LogP contribution < -0.4 is 14.8 Å². The van der Waals surface area contributed by atoms with Crippen molar-refractivity contribution >= 4 is 0 Å². The second-order valence-electron chi connectivity index (χ2n) is 4.97. The quantitative estimate of drug-likeness (QED) is 0.709. The summed E-state index contributed by atoms with van der Waals surface area (Å²) in [4.78, 5) is 0. The number of ether oxygens (including phenoxy) is 2. The summed E-state index contributed by atoms with van der Waals surface area (Å²) in [6, 6.07) is 5.87. The summed E-state index contributed by atoms with van der Waals surface area (Å²) >= 11 is 0. The summed E-state index contributed by atoms with van der Waals surface area (Å²) in [6.45, 7) is 5.61. The van der Waals surface area contributed by atoms with Gasteiger partial charge in [0.1, 0.15) is 0 Å². The summed E-state index contributed by atoms with van der Waals surface area (Å²) in [5.74, 6) is 1.79. The van der Waals surface area contributed by atoms with Crippen LogP contribution in [0.4, 0.5) is 0 Å². The maximum absolute atomic E-state index is 9.70. The number of methoxy groups -OCH3 is 2. The second-order valence-corrected chi connectivity index (χ2v) is 4.97. The Kier molecular flexibility index (Phi) is 6.67. The molecule has 1 rings (SSSR count). The third-order valence-corrected chi connectivity index (χ3v) is 3.16. The Morgan fingerprint density at radius 2 is 1.84 bits per heavy atom. The summed E-state index contributed by atoms with van der Waals surface area (Å²) in [5.41, 5.74) is 1.14. The molecule has 19 heavy (non-hydrogen) atoms. The molecular formula is C15H25NO3. The lowest BCUT2D eigenvalue weighted by Crippen LogP contribution is -2.23. The Morgan fingerprint density at radius 1 is 1.16 bits per heavy atom. The lowest BCUT2D eigenvalue weighted by atomic mass is 10.0. The molecule has 0 aromatic heterocycles. The largest absolute Gasteiger partial charge is 0.493 e. The van der Waals surface area contributed by atoms with Gasteiger partial charge in [0.25, 0.3) is 0 Å². The van der Waals surface area contributed by atoms with Gasteiger partial charge in [-0.1, -0.05) is 19.9 Å². The molecule has 0 aliphatic heterocycles. The van der Waals surface area contributed by atoms with E-state index in [1.807, 2.05) is 32.0 Å². The molecule has 0 spiro atoms. The van der Waals surface area contributed by atoms with E-state index in [2.05, 4.69) is 5.32 Å². The maximum Gasteiger partial charge on any atom is 0.161 e. The van der Waals surface area contributed by atoms with E-state index < -0.39 is 0 Å². The van der Waals surface area contributed by atoms with Gasteiger partial charge < -0.3 is 19.9 Å². The topological polar surface area (TPSA) is 50.7 Å². The molecule has 1 unspecified atom stereocenters. The summed E-state index contributed by atoms with van der Waals surface area (Å²) in [7, 11) is 3.26. The van der Waals surface area contributed by atoms with Crippen molar-refractivity contribution in [2.24, 2.45) is 5.92 Å². The van der Waals surface area contributed by atoms with Crippen LogP contribution in [0.5, 0.6) is 11.5 Å². The number of benzene rings is 1. The number of rotatable bonds is 8. The van der Waals surface area contributed by atoms with Gasteiger partial charge in [0.15, 0.2) is 11.5 Å². The molecule has 1 aromatic rings. The van der Waals surface area contributed by atoms with E-state index in [4.69, 9.17) is 9.47 Å². The van der Waals surface area contributed by atoms with Crippen molar-refractivity contribution in [2.75, 3.05) is 20.8 Å². The predicted octanol–water partition coefficient (Wildman–Crippen LogP) is 2.20. The van der Waals surface area contributed by atoms with E-state index in [0.29, 0.717) is 5.92 Å². The monoisotopic (exact) mass is 267 g/mol. The fourth-order valence-electron chi connectivity index (χ4n) is 1.81. The van der Waals surface area contributed by atoms with Crippen LogP contribution >= 0.6 is 0 Å². The Bertz CT molecular complexity index is 380. The fraction of sp³-hybridized carbons (Fsp3) is 0.600. The first kappa shape index (κ1) is 15.8. The number of hydrogen-bond donors (Lipinski definition) is 2. The molecule has 0 heterocycles. The molecular weight excluding hydrogens is 242 g/mol. The van der Waals surface area contributed by atoms with E-state index in [-0.39, 0.29) is 6.10 Å². The summed E-state index contributed by atoms with van der Waals surface area (Å²) < 4.78 is 10.5. The zero-order valence-electron chi connectivity index (χ0n) is 12.3. The maximum atomic E-state index is 9.70. The summed E-state index contributed by atoms with van der Waals surface area (Å²) in [5, 5.41) is 13.0. The van der Waals surface area contributed by atoms with E-state index in [9.17, 15) is 5.11 Å². The van der Waals surface area contributed by atoms with Crippen molar-refractivity contribution in [3.05, 3.63) is 23.8 Å². The van der Waals surface area contributed by atoms with Gasteiger partial charge in [0.2, 0.25) is 0 Å². The van der Waals surface area contributed by atoms with Crippen LogP contribution in [0.3, 0.4) is 0 Å². The minimum atomic E-state index is -0.238. The SMILES string of the molecule is COc1ccc(CNCCC(O)C(C)C)cc1OC. The van der Waals surface area contributed by atoms with Crippen LogP contribution in [0.25, 0.3) is 0 Å². The zero-order valence-corrected chi connectivity index (χ0v) is 12.3. The average Bonchev–Trinajstić information content (AvgIpc) is 2.42. The Morgan fingerprint density at radius 3 is 2.42 bits per heavy atom. The number of aliphatic hydroxyl groups is 1. The summed E-state index contributed by atoms with van der Waals surface area (Å²) in [6.07, 6.45) is 0.531. The molecule has 1 atom stereocenters. The number of hydrogen-bond acceptors (Lipinski definition) is 4. The van der Waals surface area contributed by atoms with Crippen molar-refractivity contribution in [2.45, 2.75) is 32.9 Å². The average molecular weight is 267 g/mol. The highest BCUT2D eigenvalue weighted by atomic mass is 16.5. The normalized spacial score (nSPS) is 12.5. The van der Waals surface area contributed by atoms with Crippen molar-refractivity contribution in [3.63, 3.8) is 0 Å². The van der Waals surface area contributed by atoms with Crippen LogP contribution in [-0.4, -0.2) is 32.0 Å². The molecule has 4 nitrogen and oxygen atoms in total. The molecule has 4 heteroatoms.